The predicted octanol–water partition coefficient (Wildman–Crippen LogP) is 4.27. The Hall–Kier alpha value is -2.36. The molecule has 0 amide bonds. The van der Waals surface area contributed by atoms with Crippen LogP contribution in [0.1, 0.15) is 24.0 Å². The molecule has 3 rings (SSSR count). The van der Waals surface area contributed by atoms with Crippen LogP contribution in [0.15, 0.2) is 42.5 Å². The summed E-state index contributed by atoms with van der Waals surface area (Å²) in [6.07, 6.45) is 4.48. The highest BCUT2D eigenvalue weighted by Gasteiger charge is 2.15. The first-order valence-corrected chi connectivity index (χ1v) is 6.77. The average Bonchev–Trinajstić information content (AvgIpc) is 2.48. The summed E-state index contributed by atoms with van der Waals surface area (Å²) in [4.78, 5) is 10.4. The largest absolute Gasteiger partial charge is 0.457 e. The number of hydrogen-bond acceptors (Lipinski definition) is 3. The van der Waals surface area contributed by atoms with Crippen molar-refractivity contribution in [2.75, 3.05) is 0 Å². The molecule has 0 fully saturated rings. The zero-order valence-electron chi connectivity index (χ0n) is 11.0. The molecular formula is C16H15NO3. The third kappa shape index (κ3) is 2.50. The maximum absolute atomic E-state index is 10.8. The Bertz CT molecular complexity index is 652. The van der Waals surface area contributed by atoms with Crippen LogP contribution >= 0.6 is 0 Å². The highest BCUT2D eigenvalue weighted by Crippen LogP contribution is 2.33. The molecule has 4 heteroatoms. The molecule has 4 nitrogen and oxygen atoms in total. The van der Waals surface area contributed by atoms with Crippen molar-refractivity contribution in [1.29, 1.82) is 0 Å². The fourth-order valence-electron chi connectivity index (χ4n) is 2.63. The second kappa shape index (κ2) is 5.33. The highest BCUT2D eigenvalue weighted by molar-refractivity contribution is 5.46. The number of fused-ring (bicyclic) bond motifs is 1. The van der Waals surface area contributed by atoms with Crippen LogP contribution in [0, 0.1) is 10.1 Å². The lowest BCUT2D eigenvalue weighted by atomic mass is 9.91. The molecule has 0 heterocycles. The van der Waals surface area contributed by atoms with Crippen molar-refractivity contribution in [3.63, 3.8) is 0 Å². The van der Waals surface area contributed by atoms with Gasteiger partial charge in [0.25, 0.3) is 5.69 Å². The minimum absolute atomic E-state index is 0.0484. The molecule has 0 aliphatic heterocycles. The molecule has 0 saturated carbocycles. The number of benzene rings is 2. The molecule has 20 heavy (non-hydrogen) atoms. The van der Waals surface area contributed by atoms with Crippen molar-refractivity contribution in [2.45, 2.75) is 25.7 Å². The number of aryl methyl sites for hydroxylation is 1. The SMILES string of the molecule is O=[N+]([O-])c1cccc(Oc2cccc3c2CCCC3)c1. The number of nitro benzene ring substituents is 1. The van der Waals surface area contributed by atoms with Crippen LogP contribution in [0.25, 0.3) is 0 Å². The Morgan fingerprint density at radius 2 is 1.85 bits per heavy atom. The van der Waals surface area contributed by atoms with E-state index >= 15 is 0 Å². The molecule has 0 radical (unpaired) electrons. The monoisotopic (exact) mass is 269 g/mol. The van der Waals surface area contributed by atoms with E-state index in [2.05, 4.69) is 6.07 Å². The molecule has 1 aliphatic rings. The maximum atomic E-state index is 10.8. The number of rotatable bonds is 3. The minimum Gasteiger partial charge on any atom is -0.457 e. The van der Waals surface area contributed by atoms with E-state index in [1.807, 2.05) is 12.1 Å². The molecule has 0 atom stereocenters. The van der Waals surface area contributed by atoms with E-state index in [0.717, 1.165) is 18.6 Å². The van der Waals surface area contributed by atoms with Gasteiger partial charge in [-0.25, -0.2) is 0 Å². The third-order valence-electron chi connectivity index (χ3n) is 3.61. The molecule has 0 unspecified atom stereocenters. The van der Waals surface area contributed by atoms with E-state index < -0.39 is 4.92 Å². The first-order valence-electron chi connectivity index (χ1n) is 6.77. The first-order chi connectivity index (χ1) is 9.74. The van der Waals surface area contributed by atoms with Crippen LogP contribution in [0.5, 0.6) is 11.5 Å². The van der Waals surface area contributed by atoms with Gasteiger partial charge in [-0.15, -0.1) is 0 Å². The van der Waals surface area contributed by atoms with Crippen molar-refractivity contribution in [3.8, 4) is 11.5 Å². The van der Waals surface area contributed by atoms with Gasteiger partial charge in [0, 0.05) is 6.07 Å². The zero-order valence-corrected chi connectivity index (χ0v) is 11.0. The second-order valence-electron chi connectivity index (χ2n) is 4.96. The number of ether oxygens (including phenoxy) is 1. The molecular weight excluding hydrogens is 254 g/mol. The van der Waals surface area contributed by atoms with E-state index in [4.69, 9.17) is 4.74 Å². The van der Waals surface area contributed by atoms with Crippen molar-refractivity contribution in [1.82, 2.24) is 0 Å². The number of nitro groups is 1. The van der Waals surface area contributed by atoms with Gasteiger partial charge in [-0.2, -0.15) is 0 Å². The maximum Gasteiger partial charge on any atom is 0.273 e. The third-order valence-corrected chi connectivity index (χ3v) is 3.61. The van der Waals surface area contributed by atoms with Gasteiger partial charge < -0.3 is 4.74 Å². The van der Waals surface area contributed by atoms with Crippen LogP contribution < -0.4 is 4.74 Å². The van der Waals surface area contributed by atoms with Gasteiger partial charge in [0.1, 0.15) is 11.5 Å². The fourth-order valence-corrected chi connectivity index (χ4v) is 2.63. The fraction of sp³-hybridized carbons (Fsp3) is 0.250. The molecule has 0 aromatic heterocycles. The Kier molecular flexibility index (Phi) is 3.37. The summed E-state index contributed by atoms with van der Waals surface area (Å²) in [6.45, 7) is 0. The molecule has 0 bridgehead atoms. The summed E-state index contributed by atoms with van der Waals surface area (Å²) in [5.41, 5.74) is 2.62. The van der Waals surface area contributed by atoms with Crippen LogP contribution in [0.2, 0.25) is 0 Å². The van der Waals surface area contributed by atoms with Crippen LogP contribution in [0.3, 0.4) is 0 Å². The van der Waals surface area contributed by atoms with Crippen molar-refractivity contribution in [3.05, 3.63) is 63.7 Å². The predicted molar refractivity (Wildman–Crippen MR) is 76.3 cm³/mol. The smallest absolute Gasteiger partial charge is 0.273 e. The Labute approximate surface area is 117 Å². The molecule has 2 aromatic carbocycles. The quantitative estimate of drug-likeness (QED) is 0.617. The van der Waals surface area contributed by atoms with Crippen LogP contribution in [-0.2, 0) is 12.8 Å². The van der Waals surface area contributed by atoms with Crippen molar-refractivity contribution >= 4 is 5.69 Å². The average molecular weight is 269 g/mol. The van der Waals surface area contributed by atoms with E-state index in [1.165, 1.54) is 36.1 Å². The zero-order chi connectivity index (χ0) is 13.9. The topological polar surface area (TPSA) is 52.4 Å². The summed E-state index contributed by atoms with van der Waals surface area (Å²) < 4.78 is 5.86. The molecule has 0 spiro atoms. The molecule has 102 valence electrons. The van der Waals surface area contributed by atoms with Gasteiger partial charge in [0.15, 0.2) is 0 Å². The van der Waals surface area contributed by atoms with Gasteiger partial charge in [-0.3, -0.25) is 10.1 Å². The van der Waals surface area contributed by atoms with Crippen molar-refractivity contribution in [2.24, 2.45) is 0 Å². The summed E-state index contributed by atoms with van der Waals surface area (Å²) >= 11 is 0. The van der Waals surface area contributed by atoms with Gasteiger partial charge in [-0.1, -0.05) is 18.2 Å². The number of nitrogens with zero attached hydrogens (tertiary/aromatic N) is 1. The highest BCUT2D eigenvalue weighted by atomic mass is 16.6. The van der Waals surface area contributed by atoms with Gasteiger partial charge >= 0.3 is 0 Å². The van der Waals surface area contributed by atoms with E-state index in [9.17, 15) is 10.1 Å². The lowest BCUT2D eigenvalue weighted by Gasteiger charge is -2.19. The Morgan fingerprint density at radius 1 is 1.05 bits per heavy atom. The second-order valence-corrected chi connectivity index (χ2v) is 4.96. The Morgan fingerprint density at radius 3 is 2.70 bits per heavy atom. The van der Waals surface area contributed by atoms with E-state index in [-0.39, 0.29) is 5.69 Å². The van der Waals surface area contributed by atoms with Gasteiger partial charge in [0.05, 0.1) is 11.0 Å². The van der Waals surface area contributed by atoms with Gasteiger partial charge in [-0.05, 0) is 48.9 Å². The molecule has 0 N–H and O–H groups in total. The number of non-ortho nitro benzene ring substituents is 1. The van der Waals surface area contributed by atoms with Crippen LogP contribution in [-0.4, -0.2) is 4.92 Å². The summed E-state index contributed by atoms with van der Waals surface area (Å²) in [5, 5.41) is 10.8. The standard InChI is InChI=1S/C16H15NO3/c18-17(19)13-7-4-8-14(11-13)20-16-10-3-6-12-5-1-2-9-15(12)16/h3-4,6-8,10-11H,1-2,5,9H2. The lowest BCUT2D eigenvalue weighted by Crippen LogP contribution is -2.04. The normalized spacial score (nSPS) is 13.6. The summed E-state index contributed by atoms with van der Waals surface area (Å²) in [5.74, 6) is 1.33. The molecule has 2 aromatic rings. The van der Waals surface area contributed by atoms with Gasteiger partial charge in [0.2, 0.25) is 0 Å². The summed E-state index contributed by atoms with van der Waals surface area (Å²) in [6, 6.07) is 12.4. The van der Waals surface area contributed by atoms with Crippen molar-refractivity contribution < 1.29 is 9.66 Å². The van der Waals surface area contributed by atoms with E-state index in [1.54, 1.807) is 12.1 Å². The molecule has 1 aliphatic carbocycles. The lowest BCUT2D eigenvalue weighted by molar-refractivity contribution is -0.384. The Balaban J connectivity index is 1.91. The first kappa shape index (κ1) is 12.7. The minimum atomic E-state index is -0.409. The number of hydrogen-bond donors (Lipinski definition) is 0. The molecule has 0 saturated heterocycles. The summed E-state index contributed by atoms with van der Waals surface area (Å²) in [7, 11) is 0. The van der Waals surface area contributed by atoms with Crippen LogP contribution in [0.4, 0.5) is 5.69 Å². The van der Waals surface area contributed by atoms with E-state index in [0.29, 0.717) is 5.75 Å².